The second kappa shape index (κ2) is 9.51. The molecule has 6 aromatic rings. The van der Waals surface area contributed by atoms with Crippen LogP contribution in [0, 0.1) is 0 Å². The Labute approximate surface area is 250 Å². The number of imide groups is 2. The van der Waals surface area contributed by atoms with Crippen molar-refractivity contribution in [3.05, 3.63) is 144 Å². The molecular weight excluding hydrogens is 556 g/mol. The summed E-state index contributed by atoms with van der Waals surface area (Å²) in [4.78, 5) is 57.7. The van der Waals surface area contributed by atoms with Crippen LogP contribution in [-0.4, -0.2) is 23.6 Å². The zero-order valence-corrected chi connectivity index (χ0v) is 23.3. The van der Waals surface area contributed by atoms with Gasteiger partial charge in [0.15, 0.2) is 0 Å². The Morgan fingerprint density at radius 2 is 0.674 bits per heavy atom. The Morgan fingerprint density at radius 1 is 0.372 bits per heavy atom. The maximum Gasteiger partial charge on any atom is 0.265 e. The van der Waals surface area contributed by atoms with Crippen LogP contribution in [0.3, 0.4) is 0 Å². The number of nitrogens with zero attached hydrogens (tertiary/aromatic N) is 2. The molecule has 204 valence electrons. The molecular formula is C36H20N2O4S. The maximum atomic E-state index is 13.4. The van der Waals surface area contributed by atoms with Crippen molar-refractivity contribution in [1.29, 1.82) is 0 Å². The number of anilines is 2. The monoisotopic (exact) mass is 576 g/mol. The van der Waals surface area contributed by atoms with Crippen LogP contribution in [0.1, 0.15) is 41.4 Å². The molecule has 8 rings (SSSR count). The van der Waals surface area contributed by atoms with Crippen molar-refractivity contribution in [1.82, 2.24) is 0 Å². The first kappa shape index (κ1) is 25.2. The lowest BCUT2D eigenvalue weighted by Gasteiger charge is -2.27. The molecule has 2 aliphatic rings. The van der Waals surface area contributed by atoms with E-state index in [1.54, 1.807) is 48.5 Å². The SMILES string of the molecule is O=C1c2cccc3cccc(c23)C(=O)N1c1ccc(Sc2ccc(N3C(=O)c4cccc5cccc(c45)C3=O)cc2)cc1. The van der Waals surface area contributed by atoms with Crippen molar-refractivity contribution >= 4 is 68.3 Å². The van der Waals surface area contributed by atoms with Gasteiger partial charge in [-0.2, -0.15) is 0 Å². The molecule has 0 radical (unpaired) electrons. The molecule has 0 aliphatic carbocycles. The van der Waals surface area contributed by atoms with Gasteiger partial charge in [0.1, 0.15) is 0 Å². The zero-order valence-electron chi connectivity index (χ0n) is 22.5. The Balaban J connectivity index is 1.03. The molecule has 7 heteroatoms. The molecule has 0 aromatic heterocycles. The minimum absolute atomic E-state index is 0.342. The van der Waals surface area contributed by atoms with Gasteiger partial charge in [0.05, 0.1) is 11.4 Å². The van der Waals surface area contributed by atoms with Crippen molar-refractivity contribution in [2.75, 3.05) is 9.80 Å². The van der Waals surface area contributed by atoms with E-state index in [-0.39, 0.29) is 23.6 Å². The summed E-state index contributed by atoms with van der Waals surface area (Å²) >= 11 is 1.49. The standard InChI is InChI=1S/C36H20N2O4S/c39-33-27-9-1-5-21-6-2-10-28(31(21)27)34(40)37(33)23-13-17-25(18-14-23)43-26-19-15-24(16-20-26)38-35(41)29-11-3-7-22-8-4-12-30(32(22)29)36(38)42/h1-20H. The minimum atomic E-state index is -0.342. The molecule has 43 heavy (non-hydrogen) atoms. The first-order valence-corrected chi connectivity index (χ1v) is 14.5. The van der Waals surface area contributed by atoms with Gasteiger partial charge in [0.25, 0.3) is 23.6 Å². The molecule has 0 saturated heterocycles. The van der Waals surface area contributed by atoms with Crippen molar-refractivity contribution in [2.45, 2.75) is 9.79 Å². The fourth-order valence-corrected chi connectivity index (χ4v) is 6.81. The highest BCUT2D eigenvalue weighted by Crippen LogP contribution is 2.37. The van der Waals surface area contributed by atoms with Gasteiger partial charge < -0.3 is 0 Å². The lowest BCUT2D eigenvalue weighted by atomic mass is 9.94. The number of hydrogen-bond acceptors (Lipinski definition) is 5. The largest absolute Gasteiger partial charge is 0.268 e. The highest BCUT2D eigenvalue weighted by Gasteiger charge is 2.35. The fraction of sp³-hybridized carbons (Fsp3) is 0. The number of amides is 4. The van der Waals surface area contributed by atoms with E-state index in [0.717, 1.165) is 20.6 Å². The zero-order chi connectivity index (χ0) is 29.2. The highest BCUT2D eigenvalue weighted by atomic mass is 32.2. The number of benzene rings is 6. The average molecular weight is 577 g/mol. The van der Waals surface area contributed by atoms with Crippen LogP contribution in [0.15, 0.2) is 131 Å². The third-order valence-electron chi connectivity index (χ3n) is 7.97. The Morgan fingerprint density at radius 3 is 0.977 bits per heavy atom. The second-order valence-electron chi connectivity index (χ2n) is 10.4. The van der Waals surface area contributed by atoms with Crippen LogP contribution >= 0.6 is 11.8 Å². The number of rotatable bonds is 4. The van der Waals surface area contributed by atoms with Crippen LogP contribution in [0.25, 0.3) is 21.5 Å². The summed E-state index contributed by atoms with van der Waals surface area (Å²) in [6, 6.07) is 36.5. The first-order chi connectivity index (χ1) is 21.0. The quantitative estimate of drug-likeness (QED) is 0.201. The summed E-state index contributed by atoms with van der Waals surface area (Å²) in [5.41, 5.74) is 3.04. The summed E-state index contributed by atoms with van der Waals surface area (Å²) in [7, 11) is 0. The van der Waals surface area contributed by atoms with E-state index in [2.05, 4.69) is 0 Å². The van der Waals surface area contributed by atoms with Gasteiger partial charge in [-0.05, 0) is 83.6 Å². The predicted molar refractivity (Wildman–Crippen MR) is 167 cm³/mol. The van der Waals surface area contributed by atoms with Crippen molar-refractivity contribution in [2.24, 2.45) is 0 Å². The van der Waals surface area contributed by atoms with Crippen molar-refractivity contribution in [3.63, 3.8) is 0 Å². The molecule has 6 aromatic carbocycles. The van der Waals surface area contributed by atoms with E-state index in [1.807, 2.05) is 72.8 Å². The topological polar surface area (TPSA) is 74.8 Å². The smallest absolute Gasteiger partial charge is 0.265 e. The summed E-state index contributed by atoms with van der Waals surface area (Å²) in [6.07, 6.45) is 0. The lowest BCUT2D eigenvalue weighted by Crippen LogP contribution is -2.40. The van der Waals surface area contributed by atoms with Gasteiger partial charge in [0, 0.05) is 42.8 Å². The third kappa shape index (κ3) is 3.82. The molecule has 0 spiro atoms. The second-order valence-corrected chi connectivity index (χ2v) is 11.5. The van der Waals surface area contributed by atoms with E-state index < -0.39 is 0 Å². The van der Waals surface area contributed by atoms with Gasteiger partial charge in [-0.1, -0.05) is 60.3 Å². The van der Waals surface area contributed by atoms with E-state index >= 15 is 0 Å². The van der Waals surface area contributed by atoms with Crippen molar-refractivity contribution < 1.29 is 19.2 Å². The lowest BCUT2D eigenvalue weighted by molar-refractivity contribution is 0.0877. The third-order valence-corrected chi connectivity index (χ3v) is 8.98. The summed E-state index contributed by atoms with van der Waals surface area (Å²) in [6.45, 7) is 0. The fourth-order valence-electron chi connectivity index (χ4n) is 5.99. The van der Waals surface area contributed by atoms with E-state index in [0.29, 0.717) is 44.4 Å². The molecule has 6 nitrogen and oxygen atoms in total. The summed E-state index contributed by atoms with van der Waals surface area (Å²) < 4.78 is 0. The van der Waals surface area contributed by atoms with Crippen LogP contribution in [0.4, 0.5) is 11.4 Å². The van der Waals surface area contributed by atoms with E-state index in [9.17, 15) is 19.2 Å². The van der Waals surface area contributed by atoms with Gasteiger partial charge in [-0.25, -0.2) is 9.80 Å². The Bertz CT molecular complexity index is 1930. The molecule has 0 saturated carbocycles. The molecule has 0 bridgehead atoms. The first-order valence-electron chi connectivity index (χ1n) is 13.7. The summed E-state index contributed by atoms with van der Waals surface area (Å²) in [5, 5.41) is 3.12. The maximum absolute atomic E-state index is 13.4. The van der Waals surface area contributed by atoms with Crippen LogP contribution in [-0.2, 0) is 0 Å². The van der Waals surface area contributed by atoms with Gasteiger partial charge >= 0.3 is 0 Å². The van der Waals surface area contributed by atoms with Gasteiger partial charge in [-0.15, -0.1) is 0 Å². The van der Waals surface area contributed by atoms with E-state index in [1.165, 1.54) is 21.6 Å². The van der Waals surface area contributed by atoms with Gasteiger partial charge in [0.2, 0.25) is 0 Å². The predicted octanol–water partition coefficient (Wildman–Crippen LogP) is 7.75. The highest BCUT2D eigenvalue weighted by molar-refractivity contribution is 7.99. The Kier molecular flexibility index (Phi) is 5.57. The van der Waals surface area contributed by atoms with Crippen LogP contribution < -0.4 is 9.80 Å². The van der Waals surface area contributed by atoms with Crippen molar-refractivity contribution in [3.8, 4) is 0 Å². The molecule has 2 aliphatic heterocycles. The number of carbonyl (C=O) groups is 4. The van der Waals surface area contributed by atoms with Gasteiger partial charge in [-0.3, -0.25) is 19.2 Å². The number of hydrogen-bond donors (Lipinski definition) is 0. The molecule has 0 N–H and O–H groups in total. The summed E-state index contributed by atoms with van der Waals surface area (Å²) in [5.74, 6) is -1.37. The van der Waals surface area contributed by atoms with E-state index in [4.69, 9.17) is 0 Å². The molecule has 4 amide bonds. The normalized spacial score (nSPS) is 14.2. The molecule has 2 heterocycles. The molecule has 0 atom stereocenters. The minimum Gasteiger partial charge on any atom is -0.268 e. The molecule has 0 fully saturated rings. The average Bonchev–Trinajstić information content (AvgIpc) is 3.04. The van der Waals surface area contributed by atoms with Crippen LogP contribution in [0.2, 0.25) is 0 Å². The Hall–Kier alpha value is -5.53. The number of carbonyl (C=O) groups excluding carboxylic acids is 4. The van der Waals surface area contributed by atoms with Crippen LogP contribution in [0.5, 0.6) is 0 Å². The molecule has 0 unspecified atom stereocenters.